The molecule has 4 rings (SSSR count). The number of rotatable bonds is 4. The zero-order valence-electron chi connectivity index (χ0n) is 17.8. The number of fused-ring (bicyclic) bond motifs is 1. The van der Waals surface area contributed by atoms with Crippen LogP contribution >= 0.6 is 11.8 Å². The van der Waals surface area contributed by atoms with Crippen molar-refractivity contribution < 1.29 is 4.79 Å². The van der Waals surface area contributed by atoms with Crippen LogP contribution in [0.1, 0.15) is 55.7 Å². The quantitative estimate of drug-likeness (QED) is 0.650. The number of nitriles is 1. The summed E-state index contributed by atoms with van der Waals surface area (Å²) in [5.74, 6) is 1.13. The predicted octanol–water partition coefficient (Wildman–Crippen LogP) is 5.59. The van der Waals surface area contributed by atoms with Crippen molar-refractivity contribution in [2.24, 2.45) is 0 Å². The lowest BCUT2D eigenvalue weighted by Crippen LogP contribution is -2.47. The van der Waals surface area contributed by atoms with E-state index in [1.165, 1.54) is 16.8 Å². The van der Waals surface area contributed by atoms with E-state index in [0.29, 0.717) is 19.0 Å². The third kappa shape index (κ3) is 3.73. The van der Waals surface area contributed by atoms with Crippen LogP contribution < -0.4 is 4.90 Å². The summed E-state index contributed by atoms with van der Waals surface area (Å²) in [6.07, 6.45) is 1.29. The fraction of sp³-hybridized carbons (Fsp3) is 0.360. The van der Waals surface area contributed by atoms with Crippen molar-refractivity contribution in [3.8, 4) is 6.07 Å². The van der Waals surface area contributed by atoms with Crippen molar-refractivity contribution >= 4 is 23.4 Å². The van der Waals surface area contributed by atoms with E-state index in [-0.39, 0.29) is 11.8 Å². The van der Waals surface area contributed by atoms with Crippen LogP contribution in [0, 0.1) is 11.3 Å². The van der Waals surface area contributed by atoms with Gasteiger partial charge in [-0.2, -0.15) is 5.26 Å². The van der Waals surface area contributed by atoms with Gasteiger partial charge in [0.15, 0.2) is 0 Å². The van der Waals surface area contributed by atoms with Crippen LogP contribution in [0.4, 0.5) is 5.69 Å². The second-order valence-corrected chi connectivity index (χ2v) is 9.10. The Morgan fingerprint density at radius 2 is 1.90 bits per heavy atom. The third-order valence-corrected chi connectivity index (χ3v) is 7.17. The first-order valence-corrected chi connectivity index (χ1v) is 11.5. The number of allylic oxidation sites excluding steroid dienone is 1. The summed E-state index contributed by atoms with van der Waals surface area (Å²) in [5.41, 5.74) is 5.49. The maximum absolute atomic E-state index is 13.1. The van der Waals surface area contributed by atoms with Gasteiger partial charge < -0.3 is 4.90 Å². The van der Waals surface area contributed by atoms with E-state index in [9.17, 15) is 10.1 Å². The van der Waals surface area contributed by atoms with Crippen molar-refractivity contribution in [1.29, 1.82) is 5.26 Å². The molecule has 2 aromatic carbocycles. The molecule has 0 saturated carbocycles. The highest BCUT2D eigenvalue weighted by molar-refractivity contribution is 8.03. The van der Waals surface area contributed by atoms with Gasteiger partial charge in [0.1, 0.15) is 0 Å². The molecule has 30 heavy (non-hydrogen) atoms. The van der Waals surface area contributed by atoms with E-state index in [1.54, 1.807) is 16.7 Å². The topological polar surface area (TPSA) is 47.3 Å². The van der Waals surface area contributed by atoms with Gasteiger partial charge in [0, 0.05) is 18.0 Å². The molecule has 2 heterocycles. The van der Waals surface area contributed by atoms with Gasteiger partial charge in [-0.05, 0) is 35.1 Å². The SMILES string of the molecule is CCc1ccccc1N1CSC2=C(C#N)[C@H](c3ccc(C(C)C)cc3)CC(=O)N2C1. The molecule has 1 atom stereocenters. The number of anilines is 1. The van der Waals surface area contributed by atoms with Crippen LogP contribution in [0.3, 0.4) is 0 Å². The number of para-hydroxylation sites is 1. The van der Waals surface area contributed by atoms with Gasteiger partial charge in [0.05, 0.1) is 29.2 Å². The standard InChI is InChI=1S/C25H27N3OS/c1-4-18-7-5-6-8-23(18)27-15-28-24(29)13-21(22(14-26)25(28)30-16-27)20-11-9-19(10-12-20)17(2)3/h5-12,17,21H,4,13,15-16H2,1-3H3/t21-/m0/s1. The van der Waals surface area contributed by atoms with E-state index in [0.717, 1.165) is 28.5 Å². The average Bonchev–Trinajstić information content (AvgIpc) is 2.78. The Bertz CT molecular complexity index is 1020. The summed E-state index contributed by atoms with van der Waals surface area (Å²) in [4.78, 5) is 17.2. The minimum atomic E-state index is -0.156. The third-order valence-electron chi connectivity index (χ3n) is 6.01. The number of carbonyl (C=O) groups is 1. The molecule has 2 aromatic rings. The highest BCUT2D eigenvalue weighted by atomic mass is 32.2. The smallest absolute Gasteiger partial charge is 0.229 e. The summed E-state index contributed by atoms with van der Waals surface area (Å²) in [6.45, 7) is 6.99. The molecule has 0 bridgehead atoms. The molecule has 0 radical (unpaired) electrons. The van der Waals surface area contributed by atoms with Gasteiger partial charge >= 0.3 is 0 Å². The zero-order chi connectivity index (χ0) is 21.3. The summed E-state index contributed by atoms with van der Waals surface area (Å²) in [7, 11) is 0. The first kappa shape index (κ1) is 20.6. The zero-order valence-corrected chi connectivity index (χ0v) is 18.6. The highest BCUT2D eigenvalue weighted by Gasteiger charge is 2.38. The maximum Gasteiger partial charge on any atom is 0.229 e. The first-order chi connectivity index (χ1) is 14.5. The number of aryl methyl sites for hydroxylation is 1. The molecular weight excluding hydrogens is 390 g/mol. The minimum absolute atomic E-state index is 0.0908. The van der Waals surface area contributed by atoms with E-state index in [2.05, 4.69) is 74.2 Å². The monoisotopic (exact) mass is 417 g/mol. The molecule has 154 valence electrons. The van der Waals surface area contributed by atoms with Crippen LogP contribution in [-0.2, 0) is 11.2 Å². The van der Waals surface area contributed by atoms with Crippen molar-refractivity contribution in [3.63, 3.8) is 0 Å². The van der Waals surface area contributed by atoms with Crippen LogP contribution in [0.2, 0.25) is 0 Å². The van der Waals surface area contributed by atoms with Crippen LogP contribution in [0.15, 0.2) is 59.1 Å². The molecule has 1 saturated heterocycles. The van der Waals surface area contributed by atoms with E-state index >= 15 is 0 Å². The molecule has 0 aromatic heterocycles. The van der Waals surface area contributed by atoms with Crippen LogP contribution in [-0.4, -0.2) is 23.4 Å². The predicted molar refractivity (Wildman–Crippen MR) is 123 cm³/mol. The number of benzene rings is 2. The van der Waals surface area contributed by atoms with Crippen molar-refractivity contribution in [3.05, 3.63) is 75.8 Å². The Balaban J connectivity index is 1.64. The molecule has 0 unspecified atom stereocenters. The highest BCUT2D eigenvalue weighted by Crippen LogP contribution is 2.43. The summed E-state index contributed by atoms with van der Waals surface area (Å²) < 4.78 is 0. The second-order valence-electron chi connectivity index (χ2n) is 8.17. The fourth-order valence-electron chi connectivity index (χ4n) is 4.23. The molecule has 5 heteroatoms. The number of thioether (sulfide) groups is 1. The first-order valence-electron chi connectivity index (χ1n) is 10.5. The van der Waals surface area contributed by atoms with Gasteiger partial charge in [0.25, 0.3) is 0 Å². The average molecular weight is 418 g/mol. The number of nitrogens with zero attached hydrogens (tertiary/aromatic N) is 3. The molecule has 4 nitrogen and oxygen atoms in total. The van der Waals surface area contributed by atoms with Crippen LogP contribution in [0.5, 0.6) is 0 Å². The molecule has 0 N–H and O–H groups in total. The largest absolute Gasteiger partial charge is 0.343 e. The Kier molecular flexibility index (Phi) is 5.87. The molecule has 0 aliphatic carbocycles. The number of carbonyl (C=O) groups excluding carboxylic acids is 1. The van der Waals surface area contributed by atoms with Gasteiger partial charge in [-0.25, -0.2) is 0 Å². The number of hydrogen-bond acceptors (Lipinski definition) is 4. The lowest BCUT2D eigenvalue weighted by Gasteiger charge is -2.42. The Morgan fingerprint density at radius 3 is 2.57 bits per heavy atom. The molecule has 1 amide bonds. The van der Waals surface area contributed by atoms with Crippen molar-refractivity contribution in [2.75, 3.05) is 17.4 Å². The molecule has 0 spiro atoms. The molecule has 1 fully saturated rings. The summed E-state index contributed by atoms with van der Waals surface area (Å²) in [6, 6.07) is 19.2. The maximum atomic E-state index is 13.1. The van der Waals surface area contributed by atoms with Gasteiger partial charge in [-0.1, -0.05) is 75.0 Å². The van der Waals surface area contributed by atoms with Gasteiger partial charge in [0.2, 0.25) is 5.91 Å². The fourth-order valence-corrected chi connectivity index (χ4v) is 5.39. The normalized spacial score (nSPS) is 19.2. The molecule has 2 aliphatic rings. The van der Waals surface area contributed by atoms with E-state index in [4.69, 9.17) is 0 Å². The number of amides is 1. The lowest BCUT2D eigenvalue weighted by molar-refractivity contribution is -0.129. The second kappa shape index (κ2) is 8.57. The number of hydrogen-bond donors (Lipinski definition) is 0. The van der Waals surface area contributed by atoms with E-state index in [1.807, 2.05) is 6.07 Å². The lowest BCUT2D eigenvalue weighted by atomic mass is 9.85. The Hall–Kier alpha value is -2.71. The van der Waals surface area contributed by atoms with E-state index < -0.39 is 0 Å². The summed E-state index contributed by atoms with van der Waals surface area (Å²) >= 11 is 1.60. The van der Waals surface area contributed by atoms with Crippen molar-refractivity contribution in [1.82, 2.24) is 4.90 Å². The van der Waals surface area contributed by atoms with Crippen molar-refractivity contribution in [2.45, 2.75) is 45.4 Å². The van der Waals surface area contributed by atoms with Gasteiger partial charge in [-0.3, -0.25) is 9.69 Å². The molecular formula is C25H27N3OS. The summed E-state index contributed by atoms with van der Waals surface area (Å²) in [5, 5.41) is 10.8. The minimum Gasteiger partial charge on any atom is -0.343 e. The van der Waals surface area contributed by atoms with Crippen LogP contribution in [0.25, 0.3) is 0 Å². The van der Waals surface area contributed by atoms with Gasteiger partial charge in [-0.15, -0.1) is 0 Å². The Labute approximate surface area is 183 Å². The Morgan fingerprint density at radius 1 is 1.17 bits per heavy atom. The molecule has 2 aliphatic heterocycles.